The smallest absolute Gasteiger partial charge is 0.274 e. The predicted octanol–water partition coefficient (Wildman–Crippen LogP) is 1.29. The van der Waals surface area contributed by atoms with Crippen LogP contribution in [-0.2, 0) is 11.3 Å². The van der Waals surface area contributed by atoms with Crippen LogP contribution in [0, 0.1) is 0 Å². The molecule has 9 heteroatoms. The lowest BCUT2D eigenvalue weighted by Crippen LogP contribution is -2.38. The molecule has 9 nitrogen and oxygen atoms in total. The van der Waals surface area contributed by atoms with Gasteiger partial charge >= 0.3 is 0 Å². The van der Waals surface area contributed by atoms with Gasteiger partial charge in [-0.25, -0.2) is 5.48 Å². The number of anilines is 1. The van der Waals surface area contributed by atoms with Gasteiger partial charge in [-0.2, -0.15) is 0 Å². The lowest BCUT2D eigenvalue weighted by Gasteiger charge is -2.30. The van der Waals surface area contributed by atoms with Crippen LogP contribution in [0.2, 0.25) is 0 Å². The van der Waals surface area contributed by atoms with Crippen molar-refractivity contribution in [3.05, 3.63) is 53.1 Å². The summed E-state index contributed by atoms with van der Waals surface area (Å²) in [6.07, 6.45) is 0. The molecule has 0 spiro atoms. The van der Waals surface area contributed by atoms with Crippen molar-refractivity contribution in [2.45, 2.75) is 6.54 Å². The Balaban J connectivity index is 1.82. The van der Waals surface area contributed by atoms with Crippen LogP contribution in [0.15, 0.2) is 36.4 Å². The number of hydroxylamine groups is 1. The fourth-order valence-electron chi connectivity index (χ4n) is 3.13. The first-order valence-electron chi connectivity index (χ1n) is 9.08. The van der Waals surface area contributed by atoms with E-state index in [1.807, 2.05) is 4.90 Å². The molecule has 0 saturated carbocycles. The second kappa shape index (κ2) is 9.26. The Morgan fingerprint density at radius 1 is 1.14 bits per heavy atom. The predicted molar refractivity (Wildman–Crippen MR) is 105 cm³/mol. The van der Waals surface area contributed by atoms with E-state index in [0.717, 1.165) is 0 Å². The first kappa shape index (κ1) is 20.4. The van der Waals surface area contributed by atoms with E-state index in [-0.39, 0.29) is 23.8 Å². The number of methoxy groups -OCH3 is 1. The summed E-state index contributed by atoms with van der Waals surface area (Å²) in [5, 5.41) is 21.6. The summed E-state index contributed by atoms with van der Waals surface area (Å²) in [6.45, 7) is 2.52. The third kappa shape index (κ3) is 4.76. The Morgan fingerprint density at radius 3 is 2.55 bits per heavy atom. The van der Waals surface area contributed by atoms with E-state index >= 15 is 0 Å². The van der Waals surface area contributed by atoms with Crippen molar-refractivity contribution in [1.82, 2.24) is 10.8 Å². The Morgan fingerprint density at radius 2 is 1.90 bits per heavy atom. The number of benzene rings is 2. The van der Waals surface area contributed by atoms with Gasteiger partial charge < -0.3 is 24.8 Å². The fourth-order valence-corrected chi connectivity index (χ4v) is 3.13. The summed E-state index contributed by atoms with van der Waals surface area (Å²) < 4.78 is 10.4. The number of nitrogens with zero attached hydrogens (tertiary/aromatic N) is 1. The van der Waals surface area contributed by atoms with Crippen molar-refractivity contribution in [3.8, 4) is 11.5 Å². The summed E-state index contributed by atoms with van der Waals surface area (Å²) >= 11 is 0. The van der Waals surface area contributed by atoms with Gasteiger partial charge in [0, 0.05) is 30.9 Å². The van der Waals surface area contributed by atoms with Gasteiger partial charge in [-0.15, -0.1) is 0 Å². The summed E-state index contributed by atoms with van der Waals surface area (Å²) in [5.74, 6) is -0.755. The van der Waals surface area contributed by atoms with Gasteiger partial charge in [-0.3, -0.25) is 14.8 Å². The summed E-state index contributed by atoms with van der Waals surface area (Å²) in [6, 6.07) is 9.53. The number of phenols is 1. The van der Waals surface area contributed by atoms with Gasteiger partial charge in [0.25, 0.3) is 11.8 Å². The van der Waals surface area contributed by atoms with Gasteiger partial charge in [0.15, 0.2) is 11.5 Å². The largest absolute Gasteiger partial charge is 0.504 e. The Hall–Kier alpha value is -3.30. The number of aromatic hydroxyl groups is 1. The number of hydrogen-bond acceptors (Lipinski definition) is 7. The highest BCUT2D eigenvalue weighted by atomic mass is 16.5. The Kier molecular flexibility index (Phi) is 6.53. The van der Waals surface area contributed by atoms with Crippen LogP contribution < -0.4 is 20.4 Å². The molecule has 0 aromatic heterocycles. The average molecular weight is 401 g/mol. The van der Waals surface area contributed by atoms with E-state index in [1.54, 1.807) is 29.7 Å². The van der Waals surface area contributed by atoms with Crippen molar-refractivity contribution in [2.75, 3.05) is 38.3 Å². The van der Waals surface area contributed by atoms with E-state index in [1.165, 1.54) is 19.2 Å². The number of nitrogens with one attached hydrogen (secondary N) is 2. The molecule has 0 unspecified atom stereocenters. The Bertz CT molecular complexity index is 896. The number of amides is 2. The standard InChI is InChI=1S/C20H23N3O6/c1-28-18-5-2-13(10-17(18)24)12-21-20(26)15-11-14(19(25)22-27)3-4-16(15)23-6-8-29-9-7-23/h2-5,10-11,24,27H,6-9,12H2,1H3,(H,21,26)(H,22,25). The highest BCUT2D eigenvalue weighted by molar-refractivity contribution is 6.03. The van der Waals surface area contributed by atoms with E-state index in [0.29, 0.717) is 48.9 Å². The van der Waals surface area contributed by atoms with Crippen molar-refractivity contribution in [3.63, 3.8) is 0 Å². The van der Waals surface area contributed by atoms with Crippen LogP contribution in [0.25, 0.3) is 0 Å². The van der Waals surface area contributed by atoms with Crippen LogP contribution in [0.3, 0.4) is 0 Å². The van der Waals surface area contributed by atoms with E-state index in [9.17, 15) is 14.7 Å². The maximum atomic E-state index is 12.9. The molecule has 0 atom stereocenters. The maximum absolute atomic E-state index is 12.9. The van der Waals surface area contributed by atoms with Gasteiger partial charge in [0.1, 0.15) is 0 Å². The molecule has 1 aliphatic rings. The lowest BCUT2D eigenvalue weighted by atomic mass is 10.1. The second-order valence-electron chi connectivity index (χ2n) is 6.46. The molecule has 1 saturated heterocycles. The summed E-state index contributed by atoms with van der Waals surface area (Å²) in [7, 11) is 1.46. The molecule has 29 heavy (non-hydrogen) atoms. The Labute approximate surface area is 167 Å². The minimum Gasteiger partial charge on any atom is -0.504 e. The third-order valence-electron chi connectivity index (χ3n) is 4.65. The van der Waals surface area contributed by atoms with Crippen LogP contribution in [0.1, 0.15) is 26.3 Å². The number of hydrogen-bond donors (Lipinski definition) is 4. The molecule has 1 aliphatic heterocycles. The van der Waals surface area contributed by atoms with E-state index in [2.05, 4.69) is 5.32 Å². The zero-order valence-corrected chi connectivity index (χ0v) is 16.0. The molecule has 0 radical (unpaired) electrons. The van der Waals surface area contributed by atoms with E-state index < -0.39 is 5.91 Å². The minimum atomic E-state index is -0.701. The highest BCUT2D eigenvalue weighted by Crippen LogP contribution is 2.27. The van der Waals surface area contributed by atoms with Crippen LogP contribution in [0.5, 0.6) is 11.5 Å². The maximum Gasteiger partial charge on any atom is 0.274 e. The molecular weight excluding hydrogens is 378 g/mol. The average Bonchev–Trinajstić information content (AvgIpc) is 2.77. The number of ether oxygens (including phenoxy) is 2. The number of carbonyl (C=O) groups excluding carboxylic acids is 2. The first-order chi connectivity index (χ1) is 14.0. The van der Waals surface area contributed by atoms with E-state index in [4.69, 9.17) is 14.7 Å². The second-order valence-corrected chi connectivity index (χ2v) is 6.46. The summed E-state index contributed by atoms with van der Waals surface area (Å²) in [4.78, 5) is 26.7. The molecule has 1 fully saturated rings. The first-order valence-corrected chi connectivity index (χ1v) is 9.08. The van der Waals surface area contributed by atoms with Crippen LogP contribution >= 0.6 is 0 Å². The van der Waals surface area contributed by atoms with Crippen molar-refractivity contribution < 1.29 is 29.4 Å². The minimum absolute atomic E-state index is 0.0186. The topological polar surface area (TPSA) is 120 Å². The number of rotatable bonds is 6. The van der Waals surface area contributed by atoms with Gasteiger partial charge in [0.05, 0.1) is 25.9 Å². The molecule has 1 heterocycles. The number of phenolic OH excluding ortho intramolecular Hbond substituents is 1. The van der Waals surface area contributed by atoms with Gasteiger partial charge in [-0.05, 0) is 35.9 Å². The zero-order valence-electron chi connectivity index (χ0n) is 16.0. The molecule has 4 N–H and O–H groups in total. The molecule has 0 bridgehead atoms. The molecule has 2 aromatic rings. The lowest BCUT2D eigenvalue weighted by molar-refractivity contribution is 0.0706. The molecule has 154 valence electrons. The molecule has 2 amide bonds. The fraction of sp³-hybridized carbons (Fsp3) is 0.300. The van der Waals surface area contributed by atoms with Crippen LogP contribution in [0.4, 0.5) is 5.69 Å². The van der Waals surface area contributed by atoms with Gasteiger partial charge in [-0.1, -0.05) is 6.07 Å². The number of morpholine rings is 1. The summed E-state index contributed by atoms with van der Waals surface area (Å²) in [5.41, 5.74) is 3.42. The third-order valence-corrected chi connectivity index (χ3v) is 4.65. The molecular formula is C20H23N3O6. The molecule has 3 rings (SSSR count). The monoisotopic (exact) mass is 401 g/mol. The van der Waals surface area contributed by atoms with Crippen molar-refractivity contribution >= 4 is 17.5 Å². The molecule has 0 aliphatic carbocycles. The number of carbonyl (C=O) groups is 2. The van der Waals surface area contributed by atoms with Gasteiger partial charge in [0.2, 0.25) is 0 Å². The zero-order chi connectivity index (χ0) is 20.8. The van der Waals surface area contributed by atoms with Crippen LogP contribution in [-0.4, -0.2) is 55.5 Å². The molecule has 2 aromatic carbocycles. The highest BCUT2D eigenvalue weighted by Gasteiger charge is 2.21. The SMILES string of the molecule is COc1ccc(CNC(=O)c2cc(C(=O)NO)ccc2N2CCOCC2)cc1O. The van der Waals surface area contributed by atoms with Crippen molar-refractivity contribution in [2.24, 2.45) is 0 Å². The quantitative estimate of drug-likeness (QED) is 0.425. The van der Waals surface area contributed by atoms with Crippen molar-refractivity contribution in [1.29, 1.82) is 0 Å². The normalized spacial score (nSPS) is 13.7.